The van der Waals surface area contributed by atoms with Gasteiger partial charge in [-0.25, -0.2) is 0 Å². The van der Waals surface area contributed by atoms with Crippen molar-refractivity contribution in [2.75, 3.05) is 19.8 Å². The zero-order chi connectivity index (χ0) is 12.6. The first-order chi connectivity index (χ1) is 7.39. The van der Waals surface area contributed by atoms with Gasteiger partial charge < -0.3 is 15.8 Å². The normalized spacial score (nSPS) is 13.2. The van der Waals surface area contributed by atoms with E-state index in [0.29, 0.717) is 19.8 Å². The molecule has 0 spiro atoms. The third-order valence-corrected chi connectivity index (χ3v) is 2.23. The van der Waals surface area contributed by atoms with Crippen LogP contribution in [0, 0.1) is 5.41 Å². The van der Waals surface area contributed by atoms with Crippen LogP contribution in [-0.2, 0) is 9.53 Å². The molecule has 4 nitrogen and oxygen atoms in total. The number of hydrogen-bond donors (Lipinski definition) is 2. The maximum absolute atomic E-state index is 11.6. The lowest BCUT2D eigenvalue weighted by Gasteiger charge is -2.25. The van der Waals surface area contributed by atoms with Crippen LogP contribution < -0.4 is 11.1 Å². The summed E-state index contributed by atoms with van der Waals surface area (Å²) in [5, 5.41) is 2.75. The fourth-order valence-electron chi connectivity index (χ4n) is 1.02. The Morgan fingerprint density at radius 3 is 2.62 bits per heavy atom. The summed E-state index contributed by atoms with van der Waals surface area (Å²) >= 11 is 0. The Hall–Kier alpha value is -0.870. The highest BCUT2D eigenvalue weighted by Crippen LogP contribution is 2.16. The summed E-state index contributed by atoms with van der Waals surface area (Å²) in [5.74, 6) is -0.125. The molecule has 3 N–H and O–H groups in total. The number of carbonyl (C=O) groups is 1. The van der Waals surface area contributed by atoms with Gasteiger partial charge in [0.25, 0.3) is 0 Å². The number of nitrogens with one attached hydrogen (secondary N) is 1. The molecule has 0 bridgehead atoms. The van der Waals surface area contributed by atoms with Gasteiger partial charge in [0.2, 0.25) is 5.91 Å². The van der Waals surface area contributed by atoms with Crippen molar-refractivity contribution >= 4 is 5.91 Å². The van der Waals surface area contributed by atoms with E-state index < -0.39 is 6.04 Å². The Bertz CT molecular complexity index is 222. The van der Waals surface area contributed by atoms with Gasteiger partial charge in [-0.15, -0.1) is 6.58 Å². The molecule has 0 aliphatic heterocycles. The quantitative estimate of drug-likeness (QED) is 0.506. The van der Waals surface area contributed by atoms with Crippen LogP contribution in [0.4, 0.5) is 0 Å². The summed E-state index contributed by atoms with van der Waals surface area (Å²) in [5.41, 5.74) is 5.58. The van der Waals surface area contributed by atoms with E-state index in [9.17, 15) is 4.79 Å². The van der Waals surface area contributed by atoms with Crippen LogP contribution in [0.1, 0.15) is 27.2 Å². The predicted molar refractivity (Wildman–Crippen MR) is 66.1 cm³/mol. The van der Waals surface area contributed by atoms with E-state index in [1.165, 1.54) is 0 Å². The van der Waals surface area contributed by atoms with Gasteiger partial charge in [-0.3, -0.25) is 4.79 Å². The first kappa shape index (κ1) is 15.1. The van der Waals surface area contributed by atoms with Crippen molar-refractivity contribution in [2.24, 2.45) is 11.1 Å². The molecule has 1 atom stereocenters. The first-order valence-corrected chi connectivity index (χ1v) is 5.61. The summed E-state index contributed by atoms with van der Waals surface area (Å²) in [6.45, 7) is 11.1. The molecule has 0 radical (unpaired) electrons. The zero-order valence-corrected chi connectivity index (χ0v) is 10.6. The number of amides is 1. The van der Waals surface area contributed by atoms with Gasteiger partial charge in [-0.05, 0) is 11.8 Å². The molecule has 0 fully saturated rings. The smallest absolute Gasteiger partial charge is 0.237 e. The van der Waals surface area contributed by atoms with Crippen molar-refractivity contribution in [3.63, 3.8) is 0 Å². The molecule has 0 saturated carbocycles. The number of nitrogens with two attached hydrogens (primary N) is 1. The van der Waals surface area contributed by atoms with E-state index in [-0.39, 0.29) is 11.3 Å². The number of carbonyl (C=O) groups excluding carboxylic acids is 1. The van der Waals surface area contributed by atoms with Crippen molar-refractivity contribution < 1.29 is 9.53 Å². The molecule has 0 saturated heterocycles. The average Bonchev–Trinajstić information content (AvgIpc) is 2.20. The Balaban J connectivity index is 3.62. The van der Waals surface area contributed by atoms with Gasteiger partial charge in [-0.2, -0.15) is 0 Å². The maximum atomic E-state index is 11.6. The number of hydrogen-bond acceptors (Lipinski definition) is 3. The minimum absolute atomic E-state index is 0.125. The van der Waals surface area contributed by atoms with E-state index >= 15 is 0 Å². The average molecular weight is 228 g/mol. The lowest BCUT2D eigenvalue weighted by molar-refractivity contribution is -0.124. The van der Waals surface area contributed by atoms with Crippen LogP contribution in [0.5, 0.6) is 0 Å². The van der Waals surface area contributed by atoms with Crippen LogP contribution in [0.2, 0.25) is 0 Å². The molecule has 94 valence electrons. The van der Waals surface area contributed by atoms with Gasteiger partial charge in [-0.1, -0.05) is 26.8 Å². The standard InChI is InChI=1S/C12H24N2O2/c1-5-6-8-16-9-7-14-11(15)10(13)12(2,3)4/h5,10H,1,6-9,13H2,2-4H3,(H,14,15)/t10-/m1/s1. The van der Waals surface area contributed by atoms with Gasteiger partial charge in [0.1, 0.15) is 0 Å². The molecule has 4 heteroatoms. The summed E-state index contributed by atoms with van der Waals surface area (Å²) in [4.78, 5) is 11.6. The molecule has 0 unspecified atom stereocenters. The summed E-state index contributed by atoms with van der Waals surface area (Å²) in [6, 6.07) is -0.485. The molecule has 0 aliphatic carbocycles. The lowest BCUT2D eigenvalue weighted by atomic mass is 9.87. The van der Waals surface area contributed by atoms with Crippen LogP contribution in [-0.4, -0.2) is 31.7 Å². The Morgan fingerprint density at radius 2 is 2.12 bits per heavy atom. The predicted octanol–water partition coefficient (Wildman–Crippen LogP) is 1.07. The fourth-order valence-corrected chi connectivity index (χ4v) is 1.02. The fraction of sp³-hybridized carbons (Fsp3) is 0.750. The van der Waals surface area contributed by atoms with Crippen LogP contribution in [0.25, 0.3) is 0 Å². The van der Waals surface area contributed by atoms with E-state index in [1.54, 1.807) is 6.08 Å². The highest BCUT2D eigenvalue weighted by molar-refractivity contribution is 5.82. The highest BCUT2D eigenvalue weighted by atomic mass is 16.5. The number of rotatable bonds is 7. The Labute approximate surface area is 98.2 Å². The minimum Gasteiger partial charge on any atom is -0.379 e. The monoisotopic (exact) mass is 228 g/mol. The molecule has 0 aromatic carbocycles. The molecule has 0 heterocycles. The number of ether oxygens (including phenoxy) is 1. The third-order valence-electron chi connectivity index (χ3n) is 2.23. The molecular weight excluding hydrogens is 204 g/mol. The van der Waals surface area contributed by atoms with Crippen LogP contribution in [0.3, 0.4) is 0 Å². The second-order valence-electron chi connectivity index (χ2n) is 4.82. The molecule has 0 aromatic rings. The molecule has 16 heavy (non-hydrogen) atoms. The van der Waals surface area contributed by atoms with Crippen molar-refractivity contribution in [3.8, 4) is 0 Å². The van der Waals surface area contributed by atoms with E-state index in [1.807, 2.05) is 20.8 Å². The first-order valence-electron chi connectivity index (χ1n) is 5.61. The van der Waals surface area contributed by atoms with Crippen molar-refractivity contribution in [1.29, 1.82) is 0 Å². The molecule has 0 aromatic heterocycles. The van der Waals surface area contributed by atoms with Gasteiger partial charge in [0.15, 0.2) is 0 Å². The SMILES string of the molecule is C=CCCOCCNC(=O)[C@@H](N)C(C)(C)C. The second-order valence-corrected chi connectivity index (χ2v) is 4.82. The van der Waals surface area contributed by atoms with Gasteiger partial charge >= 0.3 is 0 Å². The summed E-state index contributed by atoms with van der Waals surface area (Å²) < 4.78 is 5.26. The summed E-state index contributed by atoms with van der Waals surface area (Å²) in [7, 11) is 0. The van der Waals surface area contributed by atoms with Crippen LogP contribution >= 0.6 is 0 Å². The Morgan fingerprint density at radius 1 is 1.50 bits per heavy atom. The maximum Gasteiger partial charge on any atom is 0.237 e. The Kier molecular flexibility index (Phi) is 7.01. The van der Waals surface area contributed by atoms with Gasteiger partial charge in [0, 0.05) is 6.54 Å². The largest absolute Gasteiger partial charge is 0.379 e. The van der Waals surface area contributed by atoms with E-state index in [2.05, 4.69) is 11.9 Å². The highest BCUT2D eigenvalue weighted by Gasteiger charge is 2.26. The van der Waals surface area contributed by atoms with Gasteiger partial charge in [0.05, 0.1) is 19.3 Å². The lowest BCUT2D eigenvalue weighted by Crippen LogP contribution is -2.49. The molecule has 0 rings (SSSR count). The molecule has 0 aliphatic rings. The van der Waals surface area contributed by atoms with Crippen molar-refractivity contribution in [1.82, 2.24) is 5.32 Å². The van der Waals surface area contributed by atoms with E-state index in [0.717, 1.165) is 6.42 Å². The van der Waals surface area contributed by atoms with E-state index in [4.69, 9.17) is 10.5 Å². The second kappa shape index (κ2) is 7.41. The molecule has 1 amide bonds. The minimum atomic E-state index is -0.485. The summed E-state index contributed by atoms with van der Waals surface area (Å²) in [6.07, 6.45) is 2.63. The third kappa shape index (κ3) is 6.58. The topological polar surface area (TPSA) is 64.3 Å². The van der Waals surface area contributed by atoms with Crippen molar-refractivity contribution in [3.05, 3.63) is 12.7 Å². The molecular formula is C12H24N2O2. The van der Waals surface area contributed by atoms with Crippen LogP contribution in [0.15, 0.2) is 12.7 Å². The zero-order valence-electron chi connectivity index (χ0n) is 10.6. The van der Waals surface area contributed by atoms with Crippen molar-refractivity contribution in [2.45, 2.75) is 33.2 Å².